The zero-order valence-electron chi connectivity index (χ0n) is 15.0. The van der Waals surface area contributed by atoms with Gasteiger partial charge in [0.2, 0.25) is 0 Å². The molecule has 0 spiro atoms. The van der Waals surface area contributed by atoms with Gasteiger partial charge < -0.3 is 15.4 Å². The Morgan fingerprint density at radius 2 is 1.50 bits per heavy atom. The number of carbonyl (C=O) groups excluding carboxylic acids is 2. The van der Waals surface area contributed by atoms with Crippen molar-refractivity contribution in [1.82, 2.24) is 10.6 Å². The number of hydrogen-bond acceptors (Lipinski definition) is 3. The average molecular weight is 352 g/mol. The van der Waals surface area contributed by atoms with E-state index in [9.17, 15) is 9.59 Å². The number of ether oxygens (including phenoxy) is 1. The highest BCUT2D eigenvalue weighted by Crippen LogP contribution is 2.18. The summed E-state index contributed by atoms with van der Waals surface area (Å²) in [5.41, 5.74) is 2.12. The summed E-state index contributed by atoms with van der Waals surface area (Å²) in [6, 6.07) is 14.6. The fraction of sp³-hybridized carbons (Fsp3) is 0.333. The molecule has 136 valence electrons. The van der Waals surface area contributed by atoms with Gasteiger partial charge >= 0.3 is 0 Å². The molecular formula is C21H24N2O3. The first-order valence-electron chi connectivity index (χ1n) is 8.98. The molecule has 2 N–H and O–H groups in total. The third kappa shape index (κ3) is 4.63. The molecule has 2 aromatic carbocycles. The minimum Gasteiger partial charge on any atom is -0.497 e. The van der Waals surface area contributed by atoms with Crippen LogP contribution in [0.15, 0.2) is 48.5 Å². The van der Waals surface area contributed by atoms with Gasteiger partial charge in [0, 0.05) is 23.7 Å². The molecule has 0 aliphatic heterocycles. The topological polar surface area (TPSA) is 67.4 Å². The van der Waals surface area contributed by atoms with Gasteiger partial charge in [-0.2, -0.15) is 0 Å². The Kier molecular flexibility index (Phi) is 5.89. The molecule has 0 aromatic heterocycles. The first-order valence-corrected chi connectivity index (χ1v) is 8.98. The Balaban J connectivity index is 1.53. The summed E-state index contributed by atoms with van der Waals surface area (Å²) in [6.45, 7) is 0.437. The molecule has 26 heavy (non-hydrogen) atoms. The second kappa shape index (κ2) is 8.52. The lowest BCUT2D eigenvalue weighted by Crippen LogP contribution is -2.32. The maximum absolute atomic E-state index is 12.3. The summed E-state index contributed by atoms with van der Waals surface area (Å²) < 4.78 is 5.12. The lowest BCUT2D eigenvalue weighted by molar-refractivity contribution is 0.0930. The molecule has 1 saturated carbocycles. The van der Waals surface area contributed by atoms with E-state index in [1.54, 1.807) is 31.4 Å². The minimum atomic E-state index is -0.163. The van der Waals surface area contributed by atoms with Crippen LogP contribution in [0.5, 0.6) is 5.75 Å². The third-order valence-corrected chi connectivity index (χ3v) is 4.71. The molecular weight excluding hydrogens is 328 g/mol. The van der Waals surface area contributed by atoms with Crippen molar-refractivity contribution in [2.24, 2.45) is 0 Å². The molecule has 2 aromatic rings. The predicted molar refractivity (Wildman–Crippen MR) is 100 cm³/mol. The van der Waals surface area contributed by atoms with Gasteiger partial charge in [-0.1, -0.05) is 25.0 Å². The van der Waals surface area contributed by atoms with Crippen LogP contribution in [0.1, 0.15) is 52.0 Å². The van der Waals surface area contributed by atoms with E-state index < -0.39 is 0 Å². The van der Waals surface area contributed by atoms with Gasteiger partial charge in [0.1, 0.15) is 5.75 Å². The van der Waals surface area contributed by atoms with Crippen LogP contribution in [0.2, 0.25) is 0 Å². The number of carbonyl (C=O) groups is 2. The predicted octanol–water partition coefficient (Wildman–Crippen LogP) is 3.30. The van der Waals surface area contributed by atoms with E-state index in [1.165, 1.54) is 12.8 Å². The van der Waals surface area contributed by atoms with Gasteiger partial charge in [-0.3, -0.25) is 9.59 Å². The zero-order valence-corrected chi connectivity index (χ0v) is 15.0. The Bertz CT molecular complexity index is 748. The molecule has 0 unspecified atom stereocenters. The van der Waals surface area contributed by atoms with Crippen molar-refractivity contribution in [3.63, 3.8) is 0 Å². The molecule has 0 saturated heterocycles. The molecule has 1 fully saturated rings. The zero-order chi connectivity index (χ0) is 18.4. The van der Waals surface area contributed by atoms with E-state index in [-0.39, 0.29) is 17.9 Å². The van der Waals surface area contributed by atoms with Crippen molar-refractivity contribution >= 4 is 11.8 Å². The third-order valence-electron chi connectivity index (χ3n) is 4.71. The van der Waals surface area contributed by atoms with Crippen LogP contribution in [0.4, 0.5) is 0 Å². The summed E-state index contributed by atoms with van der Waals surface area (Å²) >= 11 is 0. The highest BCUT2D eigenvalue weighted by Gasteiger charge is 2.18. The van der Waals surface area contributed by atoms with E-state index in [2.05, 4.69) is 10.6 Å². The lowest BCUT2D eigenvalue weighted by Gasteiger charge is -2.12. The molecule has 5 heteroatoms. The molecule has 2 amide bonds. The molecule has 3 rings (SSSR count). The van der Waals surface area contributed by atoms with E-state index >= 15 is 0 Å². The molecule has 0 atom stereocenters. The Morgan fingerprint density at radius 3 is 2.08 bits per heavy atom. The summed E-state index contributed by atoms with van der Waals surface area (Å²) in [5, 5.41) is 5.93. The highest BCUT2D eigenvalue weighted by molar-refractivity contribution is 5.97. The lowest BCUT2D eigenvalue weighted by atomic mass is 10.1. The molecule has 0 radical (unpaired) electrons. The van der Waals surface area contributed by atoms with Crippen molar-refractivity contribution in [1.29, 1.82) is 0 Å². The number of hydrogen-bond donors (Lipinski definition) is 2. The smallest absolute Gasteiger partial charge is 0.251 e. The van der Waals surface area contributed by atoms with Gasteiger partial charge in [0.25, 0.3) is 11.8 Å². The maximum atomic E-state index is 12.3. The first kappa shape index (κ1) is 18.0. The SMILES string of the molecule is COc1ccc(CNC(=O)c2ccc(C(=O)NC3CCCC3)cc2)cc1. The van der Waals surface area contributed by atoms with Crippen LogP contribution in [-0.4, -0.2) is 25.0 Å². The fourth-order valence-electron chi connectivity index (χ4n) is 3.14. The van der Waals surface area contributed by atoms with E-state index in [0.29, 0.717) is 17.7 Å². The quantitative estimate of drug-likeness (QED) is 0.838. The monoisotopic (exact) mass is 352 g/mol. The largest absolute Gasteiger partial charge is 0.497 e. The molecule has 5 nitrogen and oxygen atoms in total. The van der Waals surface area contributed by atoms with Gasteiger partial charge in [0.05, 0.1) is 7.11 Å². The van der Waals surface area contributed by atoms with Gasteiger partial charge in [-0.25, -0.2) is 0 Å². The van der Waals surface area contributed by atoms with Crippen molar-refractivity contribution in [3.8, 4) is 5.75 Å². The van der Waals surface area contributed by atoms with E-state index in [0.717, 1.165) is 24.2 Å². The highest BCUT2D eigenvalue weighted by atomic mass is 16.5. The fourth-order valence-corrected chi connectivity index (χ4v) is 3.14. The second-order valence-electron chi connectivity index (χ2n) is 6.56. The standard InChI is InChI=1S/C21H24N2O3/c1-26-19-12-6-15(7-13-19)14-22-20(24)16-8-10-17(11-9-16)21(25)23-18-4-2-3-5-18/h6-13,18H,2-5,14H2,1H3,(H,22,24)(H,23,25). The molecule has 1 aliphatic rings. The van der Waals surface area contributed by atoms with Crippen molar-refractivity contribution in [2.45, 2.75) is 38.3 Å². The van der Waals surface area contributed by atoms with Crippen LogP contribution in [0, 0.1) is 0 Å². The second-order valence-corrected chi connectivity index (χ2v) is 6.56. The van der Waals surface area contributed by atoms with E-state index in [1.807, 2.05) is 24.3 Å². The number of rotatable bonds is 6. The summed E-state index contributed by atoms with van der Waals surface area (Å²) in [5.74, 6) is 0.553. The van der Waals surface area contributed by atoms with Crippen LogP contribution in [-0.2, 0) is 6.54 Å². The number of benzene rings is 2. The molecule has 0 heterocycles. The van der Waals surface area contributed by atoms with Gasteiger partial charge in [-0.15, -0.1) is 0 Å². The van der Waals surface area contributed by atoms with Crippen LogP contribution in [0.25, 0.3) is 0 Å². The molecule has 1 aliphatic carbocycles. The first-order chi connectivity index (χ1) is 12.7. The Labute approximate surface area is 153 Å². The van der Waals surface area contributed by atoms with Crippen LogP contribution in [0.3, 0.4) is 0 Å². The van der Waals surface area contributed by atoms with E-state index in [4.69, 9.17) is 4.74 Å². The maximum Gasteiger partial charge on any atom is 0.251 e. The average Bonchev–Trinajstić information content (AvgIpc) is 3.19. The van der Waals surface area contributed by atoms with Crippen molar-refractivity contribution in [3.05, 3.63) is 65.2 Å². The Hall–Kier alpha value is -2.82. The molecule has 0 bridgehead atoms. The number of nitrogens with one attached hydrogen (secondary N) is 2. The van der Waals surface area contributed by atoms with Crippen LogP contribution < -0.4 is 15.4 Å². The number of methoxy groups -OCH3 is 1. The summed E-state index contributed by atoms with van der Waals surface area (Å²) in [6.07, 6.45) is 4.46. The van der Waals surface area contributed by atoms with Crippen molar-refractivity contribution < 1.29 is 14.3 Å². The normalized spacial score (nSPS) is 14.0. The van der Waals surface area contributed by atoms with Crippen LogP contribution >= 0.6 is 0 Å². The van der Waals surface area contributed by atoms with Gasteiger partial charge in [0.15, 0.2) is 0 Å². The Morgan fingerprint density at radius 1 is 0.923 bits per heavy atom. The number of amides is 2. The summed E-state index contributed by atoms with van der Waals surface area (Å²) in [7, 11) is 1.62. The van der Waals surface area contributed by atoms with Crippen molar-refractivity contribution in [2.75, 3.05) is 7.11 Å². The minimum absolute atomic E-state index is 0.0675. The van der Waals surface area contributed by atoms with Gasteiger partial charge in [-0.05, 0) is 54.8 Å². The summed E-state index contributed by atoms with van der Waals surface area (Å²) in [4.78, 5) is 24.5.